The van der Waals surface area contributed by atoms with Gasteiger partial charge in [-0.15, -0.1) is 0 Å². The van der Waals surface area contributed by atoms with Crippen molar-refractivity contribution in [3.8, 4) is 0 Å². The number of nitrogens with zero attached hydrogens (tertiary/aromatic N) is 2. The molecule has 0 fully saturated rings. The lowest BCUT2D eigenvalue weighted by Gasteiger charge is -2.20. The average Bonchev–Trinajstić information content (AvgIpc) is 2.74. The normalized spacial score (nSPS) is 16.7. The molecule has 1 atom stereocenters. The molecule has 1 amide bonds. The maximum atomic E-state index is 11.4. The van der Waals surface area contributed by atoms with Crippen molar-refractivity contribution in [1.29, 1.82) is 0 Å². The molecule has 1 aliphatic rings. The molecule has 5 nitrogen and oxygen atoms in total. The van der Waals surface area contributed by atoms with Crippen LogP contribution in [0.25, 0.3) is 0 Å². The zero-order valence-electron chi connectivity index (χ0n) is 11.1. The van der Waals surface area contributed by atoms with E-state index < -0.39 is 6.10 Å². The topological polar surface area (TPSA) is 65.5 Å². The third-order valence-electron chi connectivity index (χ3n) is 3.45. The number of hydrogen-bond acceptors (Lipinski definition) is 4. The lowest BCUT2D eigenvalue weighted by molar-refractivity contribution is -0.123. The van der Waals surface area contributed by atoms with Gasteiger partial charge in [0, 0.05) is 42.9 Å². The molecule has 20 heavy (non-hydrogen) atoms. The Morgan fingerprint density at radius 2 is 2.05 bits per heavy atom. The van der Waals surface area contributed by atoms with Crippen LogP contribution in [0.5, 0.6) is 0 Å². The first-order chi connectivity index (χ1) is 9.65. The number of hydrogen-bond donors (Lipinski definition) is 2. The zero-order valence-corrected chi connectivity index (χ0v) is 11.1. The van der Waals surface area contributed by atoms with Gasteiger partial charge in [-0.2, -0.15) is 0 Å². The summed E-state index contributed by atoms with van der Waals surface area (Å²) in [6, 6.07) is 9.51. The van der Waals surface area contributed by atoms with E-state index in [0.717, 1.165) is 17.8 Å². The van der Waals surface area contributed by atoms with Gasteiger partial charge in [-0.25, -0.2) is 0 Å². The number of carbonyl (C=O) groups excluding carboxylic acids is 1. The molecule has 3 rings (SSSR count). The number of benzene rings is 1. The van der Waals surface area contributed by atoms with Crippen LogP contribution in [0.15, 0.2) is 42.7 Å². The molecule has 0 saturated carbocycles. The number of nitrogens with one attached hydrogen (secondary N) is 1. The number of aliphatic hydroxyl groups excluding tert-OH is 1. The molecule has 2 heterocycles. The summed E-state index contributed by atoms with van der Waals surface area (Å²) in [5.74, 6) is -0.367. The second-order valence-corrected chi connectivity index (χ2v) is 4.87. The lowest BCUT2D eigenvalue weighted by atomic mass is 10.1. The fourth-order valence-corrected chi connectivity index (χ4v) is 2.32. The highest BCUT2D eigenvalue weighted by atomic mass is 16.3. The number of pyridine rings is 1. The first kappa shape index (κ1) is 12.6. The smallest absolute Gasteiger partial charge is 0.257 e. The highest BCUT2D eigenvalue weighted by Gasteiger charge is 2.28. The number of aromatic nitrogens is 1. The highest BCUT2D eigenvalue weighted by Crippen LogP contribution is 2.33. The van der Waals surface area contributed by atoms with E-state index in [1.165, 1.54) is 0 Å². The lowest BCUT2D eigenvalue weighted by Crippen LogP contribution is -2.16. The molecule has 5 heteroatoms. The van der Waals surface area contributed by atoms with Crippen LogP contribution in [0.3, 0.4) is 0 Å². The Balaban J connectivity index is 1.82. The number of carbonyl (C=O) groups is 1. The average molecular weight is 269 g/mol. The van der Waals surface area contributed by atoms with Crippen LogP contribution in [0.4, 0.5) is 11.4 Å². The van der Waals surface area contributed by atoms with Crippen molar-refractivity contribution in [2.24, 2.45) is 0 Å². The van der Waals surface area contributed by atoms with Crippen molar-refractivity contribution >= 4 is 17.3 Å². The van der Waals surface area contributed by atoms with Gasteiger partial charge in [0.1, 0.15) is 0 Å². The summed E-state index contributed by atoms with van der Waals surface area (Å²) < 4.78 is 0. The summed E-state index contributed by atoms with van der Waals surface area (Å²) >= 11 is 0. The molecule has 1 aromatic heterocycles. The van der Waals surface area contributed by atoms with Crippen LogP contribution in [-0.4, -0.2) is 23.0 Å². The SMILES string of the molecule is CN(Cc1ccncc1)c1ccc2c(c1)NC(=O)C2O. The Hall–Kier alpha value is -2.40. The summed E-state index contributed by atoms with van der Waals surface area (Å²) in [5, 5.41) is 12.4. The van der Waals surface area contributed by atoms with E-state index in [1.54, 1.807) is 18.5 Å². The van der Waals surface area contributed by atoms with Gasteiger partial charge in [0.05, 0.1) is 0 Å². The standard InChI is InChI=1S/C15H15N3O2/c1-18(9-10-4-6-16-7-5-10)11-2-3-12-13(8-11)17-15(20)14(12)19/h2-8,14,19H,9H2,1H3,(H,17,20). The number of aliphatic hydroxyl groups is 1. The molecule has 102 valence electrons. The molecule has 1 aliphatic heterocycles. The number of anilines is 2. The number of fused-ring (bicyclic) bond motifs is 1. The summed E-state index contributed by atoms with van der Waals surface area (Å²) in [5.41, 5.74) is 3.46. The molecule has 2 N–H and O–H groups in total. The van der Waals surface area contributed by atoms with Gasteiger partial charge >= 0.3 is 0 Å². The van der Waals surface area contributed by atoms with Crippen LogP contribution in [0.2, 0.25) is 0 Å². The summed E-state index contributed by atoms with van der Waals surface area (Å²) in [7, 11) is 1.98. The molecule has 1 unspecified atom stereocenters. The number of rotatable bonds is 3. The molecule has 2 aromatic rings. The van der Waals surface area contributed by atoms with E-state index >= 15 is 0 Å². The number of amides is 1. The van der Waals surface area contributed by atoms with E-state index in [2.05, 4.69) is 15.2 Å². The van der Waals surface area contributed by atoms with E-state index in [9.17, 15) is 9.90 Å². The molecular weight excluding hydrogens is 254 g/mol. The zero-order chi connectivity index (χ0) is 14.1. The van der Waals surface area contributed by atoms with Crippen molar-refractivity contribution in [2.45, 2.75) is 12.6 Å². The van der Waals surface area contributed by atoms with Gasteiger partial charge in [0.25, 0.3) is 5.91 Å². The van der Waals surface area contributed by atoms with E-state index in [-0.39, 0.29) is 5.91 Å². The van der Waals surface area contributed by atoms with Crippen LogP contribution in [0, 0.1) is 0 Å². The van der Waals surface area contributed by atoms with E-state index in [4.69, 9.17) is 0 Å². The minimum atomic E-state index is -1.05. The predicted molar refractivity (Wildman–Crippen MR) is 76.4 cm³/mol. The maximum absolute atomic E-state index is 11.4. The molecule has 0 saturated heterocycles. The highest BCUT2D eigenvalue weighted by molar-refractivity contribution is 6.02. The third-order valence-corrected chi connectivity index (χ3v) is 3.45. The molecular formula is C15H15N3O2. The molecule has 0 aliphatic carbocycles. The van der Waals surface area contributed by atoms with Crippen molar-refractivity contribution in [2.75, 3.05) is 17.3 Å². The first-order valence-electron chi connectivity index (χ1n) is 6.38. The van der Waals surface area contributed by atoms with Crippen molar-refractivity contribution < 1.29 is 9.90 Å². The first-order valence-corrected chi connectivity index (χ1v) is 6.38. The molecule has 1 aromatic carbocycles. The predicted octanol–water partition coefficient (Wildman–Crippen LogP) is 1.70. The fourth-order valence-electron chi connectivity index (χ4n) is 2.32. The van der Waals surface area contributed by atoms with Crippen LogP contribution in [-0.2, 0) is 11.3 Å². The van der Waals surface area contributed by atoms with Crippen LogP contribution in [0.1, 0.15) is 17.2 Å². The maximum Gasteiger partial charge on any atom is 0.257 e. The Kier molecular flexibility index (Phi) is 3.12. The monoisotopic (exact) mass is 269 g/mol. The van der Waals surface area contributed by atoms with Gasteiger partial charge < -0.3 is 15.3 Å². The minimum Gasteiger partial charge on any atom is -0.378 e. The Labute approximate surface area is 116 Å². The molecule has 0 radical (unpaired) electrons. The Bertz CT molecular complexity index is 643. The van der Waals surface area contributed by atoms with Gasteiger partial charge in [0.15, 0.2) is 6.10 Å². The van der Waals surface area contributed by atoms with Crippen LogP contribution >= 0.6 is 0 Å². The quantitative estimate of drug-likeness (QED) is 0.890. The minimum absolute atomic E-state index is 0.367. The molecule has 0 bridgehead atoms. The van der Waals surface area contributed by atoms with Gasteiger partial charge in [-0.3, -0.25) is 9.78 Å². The van der Waals surface area contributed by atoms with E-state index in [0.29, 0.717) is 11.3 Å². The summed E-state index contributed by atoms with van der Waals surface area (Å²) in [4.78, 5) is 17.5. The van der Waals surface area contributed by atoms with Gasteiger partial charge in [0.2, 0.25) is 0 Å². The van der Waals surface area contributed by atoms with Gasteiger partial charge in [-0.1, -0.05) is 6.07 Å². The van der Waals surface area contributed by atoms with Crippen molar-refractivity contribution in [3.05, 3.63) is 53.9 Å². The Morgan fingerprint density at radius 3 is 2.80 bits per heavy atom. The Morgan fingerprint density at radius 1 is 1.30 bits per heavy atom. The second kappa shape index (κ2) is 4.94. The molecule has 0 spiro atoms. The summed E-state index contributed by atoms with van der Waals surface area (Å²) in [6.45, 7) is 0.748. The fraction of sp³-hybridized carbons (Fsp3) is 0.200. The second-order valence-electron chi connectivity index (χ2n) is 4.87. The van der Waals surface area contributed by atoms with Crippen molar-refractivity contribution in [1.82, 2.24) is 4.98 Å². The van der Waals surface area contributed by atoms with Crippen LogP contribution < -0.4 is 10.2 Å². The van der Waals surface area contributed by atoms with E-state index in [1.807, 2.05) is 31.3 Å². The van der Waals surface area contributed by atoms with Crippen molar-refractivity contribution in [3.63, 3.8) is 0 Å². The third kappa shape index (κ3) is 2.23. The van der Waals surface area contributed by atoms with Gasteiger partial charge in [-0.05, 0) is 29.8 Å². The largest absolute Gasteiger partial charge is 0.378 e. The summed E-state index contributed by atoms with van der Waals surface area (Å²) in [6.07, 6.45) is 2.48.